The van der Waals surface area contributed by atoms with Gasteiger partial charge in [0.25, 0.3) is 11.5 Å². The third-order valence-electron chi connectivity index (χ3n) is 6.56. The standard InChI is InChI=1S/C33H30ClN5O3/c1-22(2)23-12-14-29(15-13-23)42-30-21-37-39(28-11-6-8-25(34)20-28)33(41)31(30)38-27-10-5-7-24(19-27)32(40)36-18-16-26-9-3-4-17-35-26/h3-15,17,19-22,38H,16,18H2,1-2H3,(H,36,40). The van der Waals surface area contributed by atoms with Gasteiger partial charge in [0, 0.05) is 41.1 Å². The highest BCUT2D eigenvalue weighted by Crippen LogP contribution is 2.30. The van der Waals surface area contributed by atoms with E-state index in [2.05, 4.69) is 34.6 Å². The number of amides is 1. The number of rotatable bonds is 10. The molecule has 9 heteroatoms. The Bertz CT molecular complexity index is 1740. The molecule has 2 aromatic heterocycles. The predicted molar refractivity (Wildman–Crippen MR) is 165 cm³/mol. The summed E-state index contributed by atoms with van der Waals surface area (Å²) in [6.07, 6.45) is 3.82. The van der Waals surface area contributed by atoms with E-state index in [4.69, 9.17) is 16.3 Å². The summed E-state index contributed by atoms with van der Waals surface area (Å²) in [7, 11) is 0. The number of anilines is 2. The van der Waals surface area contributed by atoms with Crippen molar-refractivity contribution in [1.82, 2.24) is 20.1 Å². The second kappa shape index (κ2) is 13.1. The molecule has 3 aromatic carbocycles. The maximum atomic E-state index is 13.8. The number of benzene rings is 3. The minimum absolute atomic E-state index is 0.158. The van der Waals surface area contributed by atoms with Crippen LogP contribution in [0.2, 0.25) is 5.02 Å². The van der Waals surface area contributed by atoms with E-state index in [1.54, 1.807) is 54.7 Å². The van der Waals surface area contributed by atoms with Gasteiger partial charge in [0.1, 0.15) is 5.75 Å². The van der Waals surface area contributed by atoms with Crippen LogP contribution in [0.5, 0.6) is 11.5 Å². The van der Waals surface area contributed by atoms with E-state index in [9.17, 15) is 9.59 Å². The molecule has 0 radical (unpaired) electrons. The molecule has 2 N–H and O–H groups in total. The molecule has 8 nitrogen and oxygen atoms in total. The number of ether oxygens (including phenoxy) is 1. The zero-order valence-electron chi connectivity index (χ0n) is 23.3. The van der Waals surface area contributed by atoms with E-state index in [0.717, 1.165) is 5.69 Å². The number of hydrogen-bond donors (Lipinski definition) is 2. The van der Waals surface area contributed by atoms with Gasteiger partial charge in [-0.15, -0.1) is 0 Å². The summed E-state index contributed by atoms with van der Waals surface area (Å²) in [6.45, 7) is 4.67. The Labute approximate surface area is 249 Å². The van der Waals surface area contributed by atoms with Crippen molar-refractivity contribution in [3.05, 3.63) is 136 Å². The third kappa shape index (κ3) is 7.03. The number of pyridine rings is 1. The molecule has 0 bridgehead atoms. The van der Waals surface area contributed by atoms with Gasteiger partial charge in [0.2, 0.25) is 0 Å². The first kappa shape index (κ1) is 28.6. The highest BCUT2D eigenvalue weighted by atomic mass is 35.5. The lowest BCUT2D eigenvalue weighted by Gasteiger charge is -2.15. The number of hydrogen-bond acceptors (Lipinski definition) is 6. The van der Waals surface area contributed by atoms with Gasteiger partial charge in [-0.1, -0.05) is 55.8 Å². The Morgan fingerprint density at radius 3 is 2.52 bits per heavy atom. The smallest absolute Gasteiger partial charge is 0.299 e. The first-order valence-electron chi connectivity index (χ1n) is 13.6. The molecule has 1 amide bonds. The summed E-state index contributed by atoms with van der Waals surface area (Å²) in [5.74, 6) is 0.937. The topological polar surface area (TPSA) is 98.1 Å². The highest BCUT2D eigenvalue weighted by molar-refractivity contribution is 6.30. The lowest BCUT2D eigenvalue weighted by atomic mass is 10.0. The fourth-order valence-electron chi connectivity index (χ4n) is 4.31. The van der Waals surface area contributed by atoms with Crippen molar-refractivity contribution in [2.75, 3.05) is 11.9 Å². The maximum Gasteiger partial charge on any atom is 0.299 e. The minimum atomic E-state index is -0.446. The van der Waals surface area contributed by atoms with E-state index in [1.807, 2.05) is 42.5 Å². The van der Waals surface area contributed by atoms with E-state index < -0.39 is 5.56 Å². The molecule has 2 heterocycles. The van der Waals surface area contributed by atoms with Gasteiger partial charge in [-0.3, -0.25) is 14.6 Å². The molecule has 0 aliphatic rings. The summed E-state index contributed by atoms with van der Waals surface area (Å²) >= 11 is 6.18. The first-order chi connectivity index (χ1) is 20.4. The van der Waals surface area contributed by atoms with Crippen LogP contribution in [0.1, 0.15) is 41.4 Å². The average molecular weight is 580 g/mol. The lowest BCUT2D eigenvalue weighted by Crippen LogP contribution is -2.26. The molecular formula is C33H30ClN5O3. The molecule has 5 aromatic rings. The van der Waals surface area contributed by atoms with Gasteiger partial charge in [-0.25, -0.2) is 0 Å². The Balaban J connectivity index is 1.42. The van der Waals surface area contributed by atoms with Crippen LogP contribution < -0.4 is 20.9 Å². The van der Waals surface area contributed by atoms with Crippen LogP contribution in [0.15, 0.2) is 108 Å². The molecule has 0 spiro atoms. The van der Waals surface area contributed by atoms with Crippen molar-refractivity contribution in [3.8, 4) is 17.2 Å². The van der Waals surface area contributed by atoms with Crippen molar-refractivity contribution in [2.45, 2.75) is 26.2 Å². The highest BCUT2D eigenvalue weighted by Gasteiger charge is 2.17. The molecule has 5 rings (SSSR count). The number of carbonyl (C=O) groups is 1. The molecule has 0 fully saturated rings. The zero-order valence-corrected chi connectivity index (χ0v) is 24.0. The second-order valence-electron chi connectivity index (χ2n) is 9.94. The molecule has 0 atom stereocenters. The van der Waals surface area contributed by atoms with Gasteiger partial charge < -0.3 is 15.4 Å². The van der Waals surface area contributed by atoms with Crippen LogP contribution in [-0.2, 0) is 6.42 Å². The Hall–Kier alpha value is -4.95. The molecule has 212 valence electrons. The summed E-state index contributed by atoms with van der Waals surface area (Å²) < 4.78 is 7.38. The average Bonchev–Trinajstić information content (AvgIpc) is 3.00. The molecule has 42 heavy (non-hydrogen) atoms. The van der Waals surface area contributed by atoms with E-state index in [1.165, 1.54) is 16.4 Å². The molecule has 0 saturated heterocycles. The second-order valence-corrected chi connectivity index (χ2v) is 10.4. The zero-order chi connectivity index (χ0) is 29.5. The van der Waals surface area contributed by atoms with Gasteiger partial charge in [-0.2, -0.15) is 9.78 Å². The van der Waals surface area contributed by atoms with Gasteiger partial charge in [0.15, 0.2) is 11.4 Å². The quantitative estimate of drug-likeness (QED) is 0.186. The van der Waals surface area contributed by atoms with Crippen LogP contribution in [0.25, 0.3) is 5.69 Å². The Kier molecular flexibility index (Phi) is 8.94. The predicted octanol–water partition coefficient (Wildman–Crippen LogP) is 6.91. The maximum absolute atomic E-state index is 13.8. The van der Waals surface area contributed by atoms with E-state index in [-0.39, 0.29) is 17.3 Å². The number of aromatic nitrogens is 3. The van der Waals surface area contributed by atoms with Crippen LogP contribution in [0.3, 0.4) is 0 Å². The van der Waals surface area contributed by atoms with E-state index >= 15 is 0 Å². The largest absolute Gasteiger partial charge is 0.453 e. The fraction of sp³-hybridized carbons (Fsp3) is 0.152. The first-order valence-corrected chi connectivity index (χ1v) is 14.0. The molecule has 0 aliphatic heterocycles. The molecular weight excluding hydrogens is 550 g/mol. The Morgan fingerprint density at radius 2 is 1.79 bits per heavy atom. The summed E-state index contributed by atoms with van der Waals surface area (Å²) in [5, 5.41) is 10.9. The van der Waals surface area contributed by atoms with Crippen molar-refractivity contribution in [3.63, 3.8) is 0 Å². The van der Waals surface area contributed by atoms with Gasteiger partial charge in [0.05, 0.1) is 11.9 Å². The minimum Gasteiger partial charge on any atom is -0.453 e. The number of nitrogens with one attached hydrogen (secondary N) is 2. The molecule has 0 unspecified atom stereocenters. The summed E-state index contributed by atoms with van der Waals surface area (Å²) in [4.78, 5) is 30.9. The SMILES string of the molecule is CC(C)c1ccc(Oc2cnn(-c3cccc(Cl)c3)c(=O)c2Nc2cccc(C(=O)NCCc3ccccn3)c2)cc1. The number of nitrogens with zero attached hydrogens (tertiary/aromatic N) is 3. The Morgan fingerprint density at radius 1 is 0.976 bits per heavy atom. The van der Waals surface area contributed by atoms with Crippen molar-refractivity contribution in [2.24, 2.45) is 0 Å². The van der Waals surface area contributed by atoms with Crippen LogP contribution in [0, 0.1) is 0 Å². The number of carbonyl (C=O) groups excluding carboxylic acids is 1. The third-order valence-corrected chi connectivity index (χ3v) is 6.79. The molecule has 0 saturated carbocycles. The monoisotopic (exact) mass is 579 g/mol. The van der Waals surface area contributed by atoms with Gasteiger partial charge in [-0.05, 0) is 72.1 Å². The summed E-state index contributed by atoms with van der Waals surface area (Å²) in [5.41, 5.74) is 3.26. The normalized spacial score (nSPS) is 10.9. The van der Waals surface area contributed by atoms with Crippen LogP contribution in [-0.4, -0.2) is 27.2 Å². The van der Waals surface area contributed by atoms with E-state index in [0.29, 0.717) is 46.6 Å². The van der Waals surface area contributed by atoms with Gasteiger partial charge >= 0.3 is 0 Å². The van der Waals surface area contributed by atoms with Crippen LogP contribution in [0.4, 0.5) is 11.4 Å². The van der Waals surface area contributed by atoms with Crippen molar-refractivity contribution in [1.29, 1.82) is 0 Å². The van der Waals surface area contributed by atoms with Crippen LogP contribution >= 0.6 is 11.6 Å². The molecule has 0 aliphatic carbocycles. The number of halogens is 1. The van der Waals surface area contributed by atoms with Crippen molar-refractivity contribution < 1.29 is 9.53 Å². The van der Waals surface area contributed by atoms with Crippen molar-refractivity contribution >= 4 is 28.9 Å². The lowest BCUT2D eigenvalue weighted by molar-refractivity contribution is 0.0954. The fourth-order valence-corrected chi connectivity index (χ4v) is 4.49. The summed E-state index contributed by atoms with van der Waals surface area (Å²) in [6, 6.07) is 27.2.